The molecule has 21 heavy (non-hydrogen) atoms. The molecule has 0 aromatic carbocycles. The number of aryl methyl sites for hydroxylation is 2. The molecule has 4 rings (SSSR count). The van der Waals surface area contributed by atoms with Crippen molar-refractivity contribution in [3.8, 4) is 11.4 Å². The zero-order valence-corrected chi connectivity index (χ0v) is 11.7. The molecule has 1 unspecified atom stereocenters. The first-order valence-corrected chi connectivity index (χ1v) is 7.06. The Morgan fingerprint density at radius 3 is 3.00 bits per heavy atom. The molecule has 6 heteroatoms. The van der Waals surface area contributed by atoms with Gasteiger partial charge in [0, 0.05) is 36.4 Å². The van der Waals surface area contributed by atoms with Crippen LogP contribution in [0.3, 0.4) is 0 Å². The zero-order chi connectivity index (χ0) is 14.2. The minimum Gasteiger partial charge on any atom is -0.339 e. The highest BCUT2D eigenvalue weighted by molar-refractivity contribution is 5.52. The van der Waals surface area contributed by atoms with Gasteiger partial charge in [-0.15, -0.1) is 0 Å². The van der Waals surface area contributed by atoms with Crippen LogP contribution in [0.5, 0.6) is 0 Å². The molecule has 0 fully saturated rings. The zero-order valence-electron chi connectivity index (χ0n) is 11.7. The SMILES string of the molecule is Cc1ncc2n1CC(c1nc(-c3ccncc3)no1)CC2. The normalized spacial score (nSPS) is 17.7. The Bertz CT molecular complexity index is 761. The molecular weight excluding hydrogens is 266 g/mol. The monoisotopic (exact) mass is 281 g/mol. The van der Waals surface area contributed by atoms with Crippen LogP contribution in [0, 0.1) is 6.92 Å². The number of hydrogen-bond acceptors (Lipinski definition) is 5. The van der Waals surface area contributed by atoms with Gasteiger partial charge in [-0.25, -0.2) is 4.98 Å². The molecule has 0 spiro atoms. The summed E-state index contributed by atoms with van der Waals surface area (Å²) in [6.07, 6.45) is 7.43. The molecule has 6 nitrogen and oxygen atoms in total. The summed E-state index contributed by atoms with van der Waals surface area (Å²) in [6.45, 7) is 2.89. The number of fused-ring (bicyclic) bond motifs is 1. The lowest BCUT2D eigenvalue weighted by molar-refractivity contribution is 0.316. The summed E-state index contributed by atoms with van der Waals surface area (Å²) in [5.41, 5.74) is 2.22. The minimum atomic E-state index is 0.258. The van der Waals surface area contributed by atoms with Gasteiger partial charge in [0.15, 0.2) is 0 Å². The van der Waals surface area contributed by atoms with Crippen molar-refractivity contribution in [1.82, 2.24) is 24.7 Å². The van der Waals surface area contributed by atoms with Gasteiger partial charge in [-0.05, 0) is 31.9 Å². The summed E-state index contributed by atoms with van der Waals surface area (Å²) in [5, 5.41) is 4.09. The van der Waals surface area contributed by atoms with Crippen molar-refractivity contribution in [2.45, 2.75) is 32.2 Å². The number of imidazole rings is 1. The molecule has 1 atom stereocenters. The molecular formula is C15H15N5O. The van der Waals surface area contributed by atoms with Gasteiger partial charge in [0.1, 0.15) is 5.82 Å². The Hall–Kier alpha value is -2.50. The van der Waals surface area contributed by atoms with E-state index in [0.29, 0.717) is 11.7 Å². The Balaban J connectivity index is 1.61. The lowest BCUT2D eigenvalue weighted by atomic mass is 9.98. The highest BCUT2D eigenvalue weighted by Gasteiger charge is 2.26. The smallest absolute Gasteiger partial charge is 0.231 e. The van der Waals surface area contributed by atoms with E-state index in [4.69, 9.17) is 4.52 Å². The average molecular weight is 281 g/mol. The summed E-state index contributed by atoms with van der Waals surface area (Å²) < 4.78 is 7.72. The highest BCUT2D eigenvalue weighted by atomic mass is 16.5. The fraction of sp³-hybridized carbons (Fsp3) is 0.333. The second-order valence-corrected chi connectivity index (χ2v) is 5.34. The second-order valence-electron chi connectivity index (χ2n) is 5.34. The molecule has 0 radical (unpaired) electrons. The molecule has 4 heterocycles. The topological polar surface area (TPSA) is 69.6 Å². The fourth-order valence-corrected chi connectivity index (χ4v) is 2.82. The van der Waals surface area contributed by atoms with Gasteiger partial charge >= 0.3 is 0 Å². The molecule has 0 N–H and O–H groups in total. The first-order chi connectivity index (χ1) is 10.3. The van der Waals surface area contributed by atoms with E-state index in [1.807, 2.05) is 25.3 Å². The molecule has 0 bridgehead atoms. The molecule has 0 saturated carbocycles. The van der Waals surface area contributed by atoms with E-state index in [2.05, 4.69) is 24.7 Å². The summed E-state index contributed by atoms with van der Waals surface area (Å²) in [6, 6.07) is 3.77. The maximum atomic E-state index is 5.47. The third-order valence-electron chi connectivity index (χ3n) is 4.02. The molecule has 1 aliphatic rings. The molecule has 0 amide bonds. The molecule has 0 saturated heterocycles. The lowest BCUT2D eigenvalue weighted by Gasteiger charge is -2.22. The van der Waals surface area contributed by atoms with Gasteiger partial charge in [0.25, 0.3) is 0 Å². The van der Waals surface area contributed by atoms with E-state index in [1.54, 1.807) is 12.4 Å². The third kappa shape index (κ3) is 2.12. The molecule has 3 aromatic heterocycles. The van der Waals surface area contributed by atoms with E-state index in [1.165, 1.54) is 5.69 Å². The van der Waals surface area contributed by atoms with Gasteiger partial charge in [-0.1, -0.05) is 5.16 Å². The van der Waals surface area contributed by atoms with Crippen LogP contribution in [0.25, 0.3) is 11.4 Å². The maximum absolute atomic E-state index is 5.47. The Labute approximate surface area is 121 Å². The van der Waals surface area contributed by atoms with Gasteiger partial charge in [-0.2, -0.15) is 4.98 Å². The summed E-state index contributed by atoms with van der Waals surface area (Å²) in [5.74, 6) is 2.64. The predicted molar refractivity (Wildman–Crippen MR) is 75.6 cm³/mol. The van der Waals surface area contributed by atoms with Crippen LogP contribution >= 0.6 is 0 Å². The molecule has 0 aliphatic carbocycles. The lowest BCUT2D eigenvalue weighted by Crippen LogP contribution is -2.19. The van der Waals surface area contributed by atoms with Crippen LogP contribution < -0.4 is 0 Å². The number of pyridine rings is 1. The standard InChI is InChI=1S/C15H15N5O/c1-10-17-8-13-3-2-12(9-20(10)13)15-18-14(19-21-15)11-4-6-16-7-5-11/h4-8,12H,2-3,9H2,1H3. The summed E-state index contributed by atoms with van der Waals surface area (Å²) in [4.78, 5) is 12.9. The first-order valence-electron chi connectivity index (χ1n) is 7.06. The van der Waals surface area contributed by atoms with E-state index in [9.17, 15) is 0 Å². The van der Waals surface area contributed by atoms with Crippen molar-refractivity contribution in [2.75, 3.05) is 0 Å². The molecule has 1 aliphatic heterocycles. The van der Waals surface area contributed by atoms with Gasteiger partial charge in [0.05, 0.1) is 5.92 Å². The van der Waals surface area contributed by atoms with Gasteiger partial charge in [-0.3, -0.25) is 4.98 Å². The summed E-state index contributed by atoms with van der Waals surface area (Å²) >= 11 is 0. The van der Waals surface area contributed by atoms with Gasteiger partial charge in [0.2, 0.25) is 11.7 Å². The van der Waals surface area contributed by atoms with Crippen molar-refractivity contribution in [2.24, 2.45) is 0 Å². The van der Waals surface area contributed by atoms with E-state index >= 15 is 0 Å². The number of hydrogen-bond donors (Lipinski definition) is 0. The number of nitrogens with zero attached hydrogens (tertiary/aromatic N) is 5. The van der Waals surface area contributed by atoms with E-state index < -0.39 is 0 Å². The van der Waals surface area contributed by atoms with Crippen molar-refractivity contribution in [3.63, 3.8) is 0 Å². The van der Waals surface area contributed by atoms with E-state index in [0.717, 1.165) is 30.8 Å². The van der Waals surface area contributed by atoms with Crippen LogP contribution in [0.1, 0.15) is 29.7 Å². The van der Waals surface area contributed by atoms with Crippen LogP contribution in [0.4, 0.5) is 0 Å². The molecule has 3 aromatic rings. The highest BCUT2D eigenvalue weighted by Crippen LogP contribution is 2.29. The Kier molecular flexibility index (Phi) is 2.80. The van der Waals surface area contributed by atoms with Crippen LogP contribution in [0.2, 0.25) is 0 Å². The van der Waals surface area contributed by atoms with Crippen molar-refractivity contribution in [1.29, 1.82) is 0 Å². The Morgan fingerprint density at radius 1 is 1.29 bits per heavy atom. The second kappa shape index (κ2) is 4.80. The minimum absolute atomic E-state index is 0.258. The van der Waals surface area contributed by atoms with Crippen molar-refractivity contribution < 1.29 is 4.52 Å². The molecule has 106 valence electrons. The van der Waals surface area contributed by atoms with Crippen LogP contribution in [0.15, 0.2) is 35.2 Å². The Morgan fingerprint density at radius 2 is 2.14 bits per heavy atom. The fourth-order valence-electron chi connectivity index (χ4n) is 2.82. The van der Waals surface area contributed by atoms with Crippen LogP contribution in [-0.2, 0) is 13.0 Å². The largest absolute Gasteiger partial charge is 0.339 e. The quantitative estimate of drug-likeness (QED) is 0.721. The predicted octanol–water partition coefficient (Wildman–Crippen LogP) is 2.37. The van der Waals surface area contributed by atoms with Crippen molar-refractivity contribution in [3.05, 3.63) is 48.1 Å². The first kappa shape index (κ1) is 12.3. The number of rotatable bonds is 2. The van der Waals surface area contributed by atoms with Crippen molar-refractivity contribution >= 4 is 0 Å². The maximum Gasteiger partial charge on any atom is 0.231 e. The number of aromatic nitrogens is 5. The van der Waals surface area contributed by atoms with E-state index in [-0.39, 0.29) is 5.92 Å². The third-order valence-corrected chi connectivity index (χ3v) is 4.02. The van der Waals surface area contributed by atoms with Crippen LogP contribution in [-0.4, -0.2) is 24.7 Å². The average Bonchev–Trinajstić information content (AvgIpc) is 3.16. The summed E-state index contributed by atoms with van der Waals surface area (Å²) in [7, 11) is 0. The van der Waals surface area contributed by atoms with Gasteiger partial charge < -0.3 is 9.09 Å².